The topological polar surface area (TPSA) is 69.4 Å². The fraction of sp³-hybridized carbons (Fsp3) is 0.160. The quantitative estimate of drug-likeness (QED) is 0.348. The normalized spacial score (nSPS) is 11.6. The highest BCUT2D eigenvalue weighted by Crippen LogP contribution is 2.33. The monoisotopic (exact) mass is 433 g/mol. The summed E-state index contributed by atoms with van der Waals surface area (Å²) in [5.74, 6) is 1.11. The first kappa shape index (κ1) is 21.0. The molecule has 0 saturated heterocycles. The number of nitrogens with zero attached hydrogens (tertiary/aromatic N) is 1. The lowest BCUT2D eigenvalue weighted by Gasteiger charge is -2.08. The Kier molecular flexibility index (Phi) is 5.76. The summed E-state index contributed by atoms with van der Waals surface area (Å²) in [6.07, 6.45) is 0. The molecule has 31 heavy (non-hydrogen) atoms. The molecule has 5 nitrogen and oxygen atoms in total. The van der Waals surface area contributed by atoms with Crippen LogP contribution < -0.4 is 0 Å². The molecule has 0 bridgehead atoms. The molecule has 0 amide bonds. The molecule has 0 aliphatic rings. The van der Waals surface area contributed by atoms with Gasteiger partial charge in [-0.1, -0.05) is 48.5 Å². The molecule has 1 aromatic heterocycles. The molecule has 0 N–H and O–H groups in total. The Morgan fingerprint density at radius 3 is 2.19 bits per heavy atom. The number of rotatable bonds is 6. The molecule has 1 heterocycles. The maximum absolute atomic E-state index is 12.3. The third kappa shape index (κ3) is 4.31. The summed E-state index contributed by atoms with van der Waals surface area (Å²) in [7, 11) is -3.81. The molecule has 0 fully saturated rings. The van der Waals surface area contributed by atoms with Crippen molar-refractivity contribution in [3.8, 4) is 33.8 Å². The van der Waals surface area contributed by atoms with E-state index in [1.165, 1.54) is 0 Å². The maximum Gasteiger partial charge on any atom is 0.296 e. The predicted molar refractivity (Wildman–Crippen MR) is 121 cm³/mol. The van der Waals surface area contributed by atoms with Crippen molar-refractivity contribution in [1.82, 2.24) is 4.98 Å². The molecule has 0 saturated carbocycles. The fourth-order valence-corrected chi connectivity index (χ4v) is 4.38. The van der Waals surface area contributed by atoms with Crippen molar-refractivity contribution in [2.24, 2.45) is 0 Å². The second-order valence-electron chi connectivity index (χ2n) is 7.20. The number of hydrogen-bond donors (Lipinski definition) is 0. The van der Waals surface area contributed by atoms with Gasteiger partial charge in [-0.05, 0) is 61.7 Å². The Hall–Kier alpha value is -3.22. The second kappa shape index (κ2) is 8.49. The van der Waals surface area contributed by atoms with Crippen LogP contribution in [0.5, 0.6) is 0 Å². The van der Waals surface area contributed by atoms with Gasteiger partial charge in [0.1, 0.15) is 11.5 Å². The molecule has 0 radical (unpaired) electrons. The number of benzene rings is 3. The highest BCUT2D eigenvalue weighted by molar-refractivity contribution is 7.86. The van der Waals surface area contributed by atoms with Crippen molar-refractivity contribution in [3.05, 3.63) is 84.1 Å². The van der Waals surface area contributed by atoms with Crippen molar-refractivity contribution in [1.29, 1.82) is 0 Å². The van der Waals surface area contributed by atoms with Gasteiger partial charge in [0.05, 0.1) is 11.5 Å². The van der Waals surface area contributed by atoms with Gasteiger partial charge in [0.15, 0.2) is 0 Å². The Labute approximate surface area is 182 Å². The van der Waals surface area contributed by atoms with Crippen molar-refractivity contribution >= 4 is 10.1 Å². The van der Waals surface area contributed by atoms with E-state index in [2.05, 4.69) is 17.1 Å². The third-order valence-electron chi connectivity index (χ3n) is 5.06. The summed E-state index contributed by atoms with van der Waals surface area (Å²) in [4.78, 5) is 4.78. The summed E-state index contributed by atoms with van der Waals surface area (Å²) >= 11 is 0. The predicted octanol–water partition coefficient (Wildman–Crippen LogP) is 6.02. The van der Waals surface area contributed by atoms with E-state index in [9.17, 15) is 8.42 Å². The lowest BCUT2D eigenvalue weighted by Crippen LogP contribution is -2.06. The fourth-order valence-electron chi connectivity index (χ4n) is 3.44. The number of oxazole rings is 1. The minimum Gasteiger partial charge on any atom is -0.441 e. The molecular formula is C25H23NO4S. The zero-order chi connectivity index (χ0) is 22.0. The Balaban J connectivity index is 1.70. The van der Waals surface area contributed by atoms with Crippen LogP contribution in [0.3, 0.4) is 0 Å². The number of aromatic nitrogens is 1. The average Bonchev–Trinajstić information content (AvgIpc) is 3.16. The van der Waals surface area contributed by atoms with Gasteiger partial charge in [0.2, 0.25) is 5.89 Å². The molecular weight excluding hydrogens is 410 g/mol. The van der Waals surface area contributed by atoms with E-state index in [1.54, 1.807) is 25.1 Å². The van der Waals surface area contributed by atoms with Gasteiger partial charge < -0.3 is 4.42 Å². The van der Waals surface area contributed by atoms with Crippen LogP contribution in [0, 0.1) is 13.8 Å². The van der Waals surface area contributed by atoms with Crippen LogP contribution in [0.25, 0.3) is 33.8 Å². The summed E-state index contributed by atoms with van der Waals surface area (Å²) in [6.45, 7) is 5.46. The summed E-state index contributed by atoms with van der Waals surface area (Å²) in [6, 6.07) is 23.0. The minimum absolute atomic E-state index is 0.0810. The third-order valence-corrected chi connectivity index (χ3v) is 6.44. The van der Waals surface area contributed by atoms with Crippen LogP contribution in [0.15, 0.2) is 82.1 Å². The molecule has 158 valence electrons. The standard InChI is InChI=1S/C25H23NO4S/c1-4-29-31(27,28)22-15-10-17(2)23(16-22)24-18(3)30-25(26-24)21-13-11-20(12-14-21)19-8-6-5-7-9-19/h5-16H,4H2,1-3H3. The van der Waals surface area contributed by atoms with Crippen molar-refractivity contribution in [2.45, 2.75) is 25.7 Å². The van der Waals surface area contributed by atoms with Crippen LogP contribution >= 0.6 is 0 Å². The first-order chi connectivity index (χ1) is 14.9. The van der Waals surface area contributed by atoms with E-state index >= 15 is 0 Å². The molecule has 0 aliphatic heterocycles. The Morgan fingerprint density at radius 2 is 1.52 bits per heavy atom. The molecule has 4 aromatic rings. The van der Waals surface area contributed by atoms with E-state index in [0.29, 0.717) is 22.9 Å². The molecule has 3 aromatic carbocycles. The lowest BCUT2D eigenvalue weighted by atomic mass is 10.0. The average molecular weight is 434 g/mol. The van der Waals surface area contributed by atoms with Gasteiger partial charge in [0.25, 0.3) is 10.1 Å². The first-order valence-corrected chi connectivity index (χ1v) is 11.4. The highest BCUT2D eigenvalue weighted by Gasteiger charge is 2.20. The van der Waals surface area contributed by atoms with E-state index in [0.717, 1.165) is 22.3 Å². The van der Waals surface area contributed by atoms with E-state index in [4.69, 9.17) is 8.60 Å². The van der Waals surface area contributed by atoms with Crippen LogP contribution in [0.4, 0.5) is 0 Å². The SMILES string of the molecule is CCOS(=O)(=O)c1ccc(C)c(-c2nc(-c3ccc(-c4ccccc4)cc3)oc2C)c1. The van der Waals surface area contributed by atoms with E-state index < -0.39 is 10.1 Å². The molecule has 0 unspecified atom stereocenters. The van der Waals surface area contributed by atoms with Crippen LogP contribution in [0.1, 0.15) is 18.2 Å². The van der Waals surface area contributed by atoms with Gasteiger partial charge in [0, 0.05) is 11.1 Å². The van der Waals surface area contributed by atoms with Gasteiger partial charge in [-0.15, -0.1) is 0 Å². The van der Waals surface area contributed by atoms with Gasteiger partial charge >= 0.3 is 0 Å². The lowest BCUT2D eigenvalue weighted by molar-refractivity contribution is 0.338. The largest absolute Gasteiger partial charge is 0.441 e. The zero-order valence-corrected chi connectivity index (χ0v) is 18.4. The Bertz CT molecular complexity index is 1310. The molecule has 4 rings (SSSR count). The van der Waals surface area contributed by atoms with Crippen LogP contribution in [-0.4, -0.2) is 20.0 Å². The summed E-state index contributed by atoms with van der Waals surface area (Å²) in [5.41, 5.74) is 5.32. The van der Waals surface area contributed by atoms with Gasteiger partial charge in [-0.25, -0.2) is 4.98 Å². The van der Waals surface area contributed by atoms with Crippen molar-refractivity contribution < 1.29 is 17.0 Å². The van der Waals surface area contributed by atoms with Crippen molar-refractivity contribution in [2.75, 3.05) is 6.61 Å². The smallest absolute Gasteiger partial charge is 0.296 e. The molecule has 6 heteroatoms. The number of aryl methyl sites for hydroxylation is 2. The second-order valence-corrected chi connectivity index (χ2v) is 8.82. The van der Waals surface area contributed by atoms with Gasteiger partial charge in [-0.2, -0.15) is 8.42 Å². The number of hydrogen-bond acceptors (Lipinski definition) is 5. The Morgan fingerprint density at radius 1 is 0.871 bits per heavy atom. The molecule has 0 spiro atoms. The molecule has 0 atom stereocenters. The summed E-state index contributed by atoms with van der Waals surface area (Å²) in [5, 5.41) is 0. The summed E-state index contributed by atoms with van der Waals surface area (Å²) < 4.78 is 35.5. The molecule has 0 aliphatic carbocycles. The zero-order valence-electron chi connectivity index (χ0n) is 17.6. The van der Waals surface area contributed by atoms with E-state index in [-0.39, 0.29) is 11.5 Å². The van der Waals surface area contributed by atoms with Crippen LogP contribution in [0.2, 0.25) is 0 Å². The first-order valence-electron chi connectivity index (χ1n) is 10.0. The van der Waals surface area contributed by atoms with E-state index in [1.807, 2.05) is 56.3 Å². The highest BCUT2D eigenvalue weighted by atomic mass is 32.2. The van der Waals surface area contributed by atoms with Gasteiger partial charge in [-0.3, -0.25) is 4.18 Å². The van der Waals surface area contributed by atoms with Crippen molar-refractivity contribution in [3.63, 3.8) is 0 Å². The minimum atomic E-state index is -3.81. The van der Waals surface area contributed by atoms with Crippen LogP contribution in [-0.2, 0) is 14.3 Å². The maximum atomic E-state index is 12.3.